The second kappa shape index (κ2) is 5.73. The van der Waals surface area contributed by atoms with Crippen LogP contribution in [0, 0.1) is 11.6 Å². The quantitative estimate of drug-likeness (QED) is 0.850. The van der Waals surface area contributed by atoms with Gasteiger partial charge in [-0.3, -0.25) is 4.98 Å². The molecule has 0 N–H and O–H groups in total. The van der Waals surface area contributed by atoms with Crippen LogP contribution < -0.4 is 0 Å². The van der Waals surface area contributed by atoms with Crippen molar-refractivity contribution >= 4 is 10.0 Å². The van der Waals surface area contributed by atoms with E-state index in [1.54, 1.807) is 24.4 Å². The molecule has 3 rings (SSSR count). The van der Waals surface area contributed by atoms with Gasteiger partial charge in [-0.15, -0.1) is 0 Å². The summed E-state index contributed by atoms with van der Waals surface area (Å²) in [5.74, 6) is -1.82. The summed E-state index contributed by atoms with van der Waals surface area (Å²) in [7, 11) is -3.97. The summed E-state index contributed by atoms with van der Waals surface area (Å²) in [6, 6.07) is 7.41. The van der Waals surface area contributed by atoms with Gasteiger partial charge in [0.15, 0.2) is 0 Å². The number of benzene rings is 1. The maximum Gasteiger partial charge on any atom is 0.243 e. The number of halogens is 2. The van der Waals surface area contributed by atoms with Crippen LogP contribution in [0.15, 0.2) is 47.5 Å². The van der Waals surface area contributed by atoms with Crippen molar-refractivity contribution in [2.75, 3.05) is 0 Å². The largest absolute Gasteiger partial charge is 0.260 e. The lowest BCUT2D eigenvalue weighted by Gasteiger charge is -2.21. The molecule has 0 saturated heterocycles. The Morgan fingerprint density at radius 1 is 1.14 bits per heavy atom. The molecule has 116 valence electrons. The minimum atomic E-state index is -3.97. The minimum absolute atomic E-state index is 0.0893. The average molecular weight is 324 g/mol. The van der Waals surface area contributed by atoms with E-state index in [0.29, 0.717) is 11.8 Å². The van der Waals surface area contributed by atoms with E-state index in [-0.39, 0.29) is 17.5 Å². The highest BCUT2D eigenvalue weighted by molar-refractivity contribution is 7.89. The van der Waals surface area contributed by atoms with Gasteiger partial charge in [0.25, 0.3) is 0 Å². The summed E-state index contributed by atoms with van der Waals surface area (Å²) >= 11 is 0. The van der Waals surface area contributed by atoms with Crippen LogP contribution in [0.2, 0.25) is 0 Å². The van der Waals surface area contributed by atoms with Gasteiger partial charge in [0, 0.05) is 18.3 Å². The van der Waals surface area contributed by atoms with E-state index in [0.717, 1.165) is 25.0 Å². The van der Waals surface area contributed by atoms with Crippen molar-refractivity contribution in [2.24, 2.45) is 0 Å². The molecule has 22 heavy (non-hydrogen) atoms. The number of hydrogen-bond donors (Lipinski definition) is 0. The van der Waals surface area contributed by atoms with Gasteiger partial charge < -0.3 is 0 Å². The maximum atomic E-state index is 13.3. The van der Waals surface area contributed by atoms with Crippen molar-refractivity contribution in [2.45, 2.75) is 30.3 Å². The van der Waals surface area contributed by atoms with Crippen molar-refractivity contribution in [1.82, 2.24) is 9.29 Å². The monoisotopic (exact) mass is 324 g/mol. The van der Waals surface area contributed by atoms with Gasteiger partial charge in [-0.1, -0.05) is 6.07 Å². The second-order valence-electron chi connectivity index (χ2n) is 5.21. The highest BCUT2D eigenvalue weighted by Crippen LogP contribution is 2.33. The summed E-state index contributed by atoms with van der Waals surface area (Å²) < 4.78 is 53.3. The number of rotatable bonds is 5. The lowest BCUT2D eigenvalue weighted by atomic mass is 10.3. The predicted octanol–water partition coefficient (Wildman–Crippen LogP) is 2.71. The Morgan fingerprint density at radius 2 is 1.82 bits per heavy atom. The third kappa shape index (κ3) is 3.15. The van der Waals surface area contributed by atoms with Crippen molar-refractivity contribution in [3.63, 3.8) is 0 Å². The number of sulfonamides is 1. The first-order valence-corrected chi connectivity index (χ1v) is 8.29. The molecule has 2 aromatic rings. The van der Waals surface area contributed by atoms with E-state index in [2.05, 4.69) is 4.98 Å². The van der Waals surface area contributed by atoms with Gasteiger partial charge in [0.1, 0.15) is 11.6 Å². The first-order chi connectivity index (χ1) is 10.5. The normalized spacial score (nSPS) is 15.2. The fourth-order valence-corrected chi connectivity index (χ4v) is 3.94. The SMILES string of the molecule is O=S(=O)(c1cc(F)cc(F)c1)N(Cc1ccccn1)C1CC1. The third-order valence-electron chi connectivity index (χ3n) is 3.44. The van der Waals surface area contributed by atoms with Crippen LogP contribution in [0.1, 0.15) is 18.5 Å². The molecule has 1 aromatic carbocycles. The molecule has 7 heteroatoms. The first kappa shape index (κ1) is 15.1. The van der Waals surface area contributed by atoms with E-state index in [4.69, 9.17) is 0 Å². The molecule has 1 fully saturated rings. The summed E-state index contributed by atoms with van der Waals surface area (Å²) in [6.45, 7) is 0.0893. The van der Waals surface area contributed by atoms with Crippen molar-refractivity contribution < 1.29 is 17.2 Å². The molecule has 1 aliphatic rings. The van der Waals surface area contributed by atoms with Crippen LogP contribution in [0.4, 0.5) is 8.78 Å². The smallest absolute Gasteiger partial charge is 0.243 e. The van der Waals surface area contributed by atoms with E-state index in [1.807, 2.05) is 0 Å². The molecule has 0 spiro atoms. The lowest BCUT2D eigenvalue weighted by molar-refractivity contribution is 0.393. The van der Waals surface area contributed by atoms with Crippen LogP contribution in [0.25, 0.3) is 0 Å². The van der Waals surface area contributed by atoms with Gasteiger partial charge >= 0.3 is 0 Å². The molecule has 0 unspecified atom stereocenters. The minimum Gasteiger partial charge on any atom is -0.260 e. The molecule has 1 aliphatic carbocycles. The van der Waals surface area contributed by atoms with Gasteiger partial charge in [-0.2, -0.15) is 4.31 Å². The fraction of sp³-hybridized carbons (Fsp3) is 0.267. The predicted molar refractivity (Wildman–Crippen MR) is 76.3 cm³/mol. The first-order valence-electron chi connectivity index (χ1n) is 6.85. The zero-order valence-corrected chi connectivity index (χ0v) is 12.4. The van der Waals surface area contributed by atoms with Gasteiger partial charge in [0.2, 0.25) is 10.0 Å². The van der Waals surface area contributed by atoms with E-state index in [9.17, 15) is 17.2 Å². The molecule has 1 heterocycles. The summed E-state index contributed by atoms with van der Waals surface area (Å²) in [4.78, 5) is 3.75. The van der Waals surface area contributed by atoms with Crippen molar-refractivity contribution in [3.05, 3.63) is 59.9 Å². The molecule has 1 aromatic heterocycles. The van der Waals surface area contributed by atoms with Crippen LogP contribution in [0.3, 0.4) is 0 Å². The molecule has 4 nitrogen and oxygen atoms in total. The number of aromatic nitrogens is 1. The van der Waals surface area contributed by atoms with Gasteiger partial charge in [-0.25, -0.2) is 17.2 Å². The molecule has 0 amide bonds. The molecular formula is C15H14F2N2O2S. The van der Waals surface area contributed by atoms with Crippen molar-refractivity contribution in [1.29, 1.82) is 0 Å². The summed E-state index contributed by atoms with van der Waals surface area (Å²) in [6.07, 6.45) is 3.06. The summed E-state index contributed by atoms with van der Waals surface area (Å²) in [5.41, 5.74) is 0.592. The van der Waals surface area contributed by atoms with E-state index >= 15 is 0 Å². The van der Waals surface area contributed by atoms with Crippen LogP contribution >= 0.6 is 0 Å². The van der Waals surface area contributed by atoms with E-state index < -0.39 is 21.7 Å². The third-order valence-corrected chi connectivity index (χ3v) is 5.32. The Hall–Kier alpha value is -1.86. The van der Waals surface area contributed by atoms with E-state index in [1.165, 1.54) is 4.31 Å². The van der Waals surface area contributed by atoms with Crippen LogP contribution in [-0.4, -0.2) is 23.7 Å². The molecule has 0 aliphatic heterocycles. The average Bonchev–Trinajstić information content (AvgIpc) is 3.29. The lowest BCUT2D eigenvalue weighted by Crippen LogP contribution is -2.33. The Balaban J connectivity index is 1.96. The number of hydrogen-bond acceptors (Lipinski definition) is 3. The maximum absolute atomic E-state index is 13.3. The Morgan fingerprint density at radius 3 is 2.36 bits per heavy atom. The zero-order chi connectivity index (χ0) is 15.7. The van der Waals surface area contributed by atoms with Gasteiger partial charge in [0.05, 0.1) is 17.1 Å². The Bertz CT molecular complexity index is 757. The second-order valence-corrected chi connectivity index (χ2v) is 7.10. The zero-order valence-electron chi connectivity index (χ0n) is 11.6. The Kier molecular flexibility index (Phi) is 3.92. The number of pyridine rings is 1. The van der Waals surface area contributed by atoms with Gasteiger partial charge in [-0.05, 0) is 37.1 Å². The highest BCUT2D eigenvalue weighted by Gasteiger charge is 2.38. The molecule has 0 atom stereocenters. The van der Waals surface area contributed by atoms with Crippen molar-refractivity contribution in [3.8, 4) is 0 Å². The molecule has 1 saturated carbocycles. The molecule has 0 bridgehead atoms. The molecule has 0 radical (unpaired) electrons. The fourth-order valence-electron chi connectivity index (χ4n) is 2.24. The number of nitrogens with zero attached hydrogens (tertiary/aromatic N) is 2. The Labute approximate surface area is 127 Å². The topological polar surface area (TPSA) is 50.3 Å². The summed E-state index contributed by atoms with van der Waals surface area (Å²) in [5, 5.41) is 0. The standard InChI is InChI=1S/C15H14F2N2O2S/c16-11-7-12(17)9-15(8-11)22(20,21)19(14-4-5-14)10-13-3-1-2-6-18-13/h1-3,6-9,14H,4-5,10H2. The van der Waals surface area contributed by atoms with Crippen LogP contribution in [0.5, 0.6) is 0 Å². The molecular weight excluding hydrogens is 310 g/mol. The van der Waals surface area contributed by atoms with Crippen LogP contribution in [-0.2, 0) is 16.6 Å². The highest BCUT2D eigenvalue weighted by atomic mass is 32.2.